The smallest absolute Gasteiger partial charge is 0.0445 e. The first-order valence-corrected chi connectivity index (χ1v) is 5.04. The van der Waals surface area contributed by atoms with E-state index in [0.717, 1.165) is 6.54 Å². The average Bonchev–Trinajstić information content (AvgIpc) is 2.20. The Hall–Kier alpha value is -0.930. The summed E-state index contributed by atoms with van der Waals surface area (Å²) in [5.74, 6) is 0. The molecule has 14 heavy (non-hydrogen) atoms. The zero-order valence-corrected chi connectivity index (χ0v) is 9.12. The third-order valence-corrected chi connectivity index (χ3v) is 2.19. The second-order valence-electron chi connectivity index (χ2n) is 3.68. The van der Waals surface area contributed by atoms with Gasteiger partial charge in [0.05, 0.1) is 0 Å². The topological polar surface area (TPSA) is 37.0 Å². The number of likely N-dealkylation sites (N-methyl/N-ethyl adjacent to an activating group) is 1. The van der Waals surface area contributed by atoms with E-state index in [9.17, 15) is 0 Å². The summed E-state index contributed by atoms with van der Waals surface area (Å²) in [7, 11) is 1.98. The van der Waals surface area contributed by atoms with Crippen LogP contribution in [0.25, 0.3) is 0 Å². The minimum Gasteiger partial charge on any atom is -0.313 e. The van der Waals surface area contributed by atoms with Gasteiger partial charge >= 0.3 is 0 Å². The van der Waals surface area contributed by atoms with E-state index in [1.165, 1.54) is 5.56 Å². The Bertz CT molecular complexity index is 246. The third kappa shape index (κ3) is 3.44. The normalized spacial score (nSPS) is 13.1. The third-order valence-electron chi connectivity index (χ3n) is 2.19. The van der Waals surface area contributed by atoms with E-state index in [-0.39, 0.29) is 0 Å². The van der Waals surface area contributed by atoms with Gasteiger partial charge in [0.1, 0.15) is 0 Å². The van der Waals surface area contributed by atoms with E-state index in [0.29, 0.717) is 12.1 Å². The van der Waals surface area contributed by atoms with Crippen LogP contribution in [0.15, 0.2) is 24.5 Å². The Morgan fingerprint density at radius 3 is 2.43 bits per heavy atom. The first-order valence-electron chi connectivity index (χ1n) is 5.04. The molecule has 0 aromatic carbocycles. The standard InChI is InChI=1S/C11H19N3/c1-9(2)14-8-11(12-3)10-4-6-13-7-5-10/h4-7,9,11-12,14H,8H2,1-3H3. The summed E-state index contributed by atoms with van der Waals surface area (Å²) in [6.07, 6.45) is 3.66. The number of hydrogen-bond acceptors (Lipinski definition) is 3. The highest BCUT2D eigenvalue weighted by atomic mass is 15.0. The van der Waals surface area contributed by atoms with Gasteiger partial charge in [-0.1, -0.05) is 13.8 Å². The fraction of sp³-hybridized carbons (Fsp3) is 0.545. The van der Waals surface area contributed by atoms with Gasteiger partial charge in [-0.05, 0) is 24.7 Å². The second kappa shape index (κ2) is 5.73. The van der Waals surface area contributed by atoms with Crippen molar-refractivity contribution in [2.75, 3.05) is 13.6 Å². The molecule has 1 aromatic heterocycles. The van der Waals surface area contributed by atoms with Crippen LogP contribution in [0.4, 0.5) is 0 Å². The van der Waals surface area contributed by atoms with Gasteiger partial charge in [0.25, 0.3) is 0 Å². The summed E-state index contributed by atoms with van der Waals surface area (Å²) in [6.45, 7) is 5.25. The summed E-state index contributed by atoms with van der Waals surface area (Å²) in [5, 5.41) is 6.70. The van der Waals surface area contributed by atoms with Crippen molar-refractivity contribution in [2.24, 2.45) is 0 Å². The minimum absolute atomic E-state index is 0.361. The average molecular weight is 193 g/mol. The molecule has 0 fully saturated rings. The van der Waals surface area contributed by atoms with Crippen LogP contribution >= 0.6 is 0 Å². The van der Waals surface area contributed by atoms with Crippen molar-refractivity contribution in [1.29, 1.82) is 0 Å². The molecule has 0 bridgehead atoms. The second-order valence-corrected chi connectivity index (χ2v) is 3.68. The highest BCUT2D eigenvalue weighted by molar-refractivity contribution is 5.15. The summed E-state index contributed by atoms with van der Waals surface area (Å²) in [4.78, 5) is 4.01. The molecule has 1 atom stereocenters. The zero-order chi connectivity index (χ0) is 10.4. The van der Waals surface area contributed by atoms with Gasteiger partial charge in [0, 0.05) is 31.0 Å². The number of nitrogens with one attached hydrogen (secondary N) is 2. The molecule has 3 nitrogen and oxygen atoms in total. The van der Waals surface area contributed by atoms with Crippen molar-refractivity contribution in [3.8, 4) is 0 Å². The lowest BCUT2D eigenvalue weighted by atomic mass is 10.1. The largest absolute Gasteiger partial charge is 0.313 e. The van der Waals surface area contributed by atoms with E-state index in [1.807, 2.05) is 31.6 Å². The molecule has 1 aromatic rings. The molecule has 0 spiro atoms. The molecule has 0 saturated heterocycles. The van der Waals surface area contributed by atoms with Crippen LogP contribution in [-0.4, -0.2) is 24.6 Å². The van der Waals surface area contributed by atoms with Crippen molar-refractivity contribution < 1.29 is 0 Å². The Morgan fingerprint density at radius 2 is 1.93 bits per heavy atom. The quantitative estimate of drug-likeness (QED) is 0.741. The molecular formula is C11H19N3. The fourth-order valence-corrected chi connectivity index (χ4v) is 1.34. The molecule has 1 heterocycles. The van der Waals surface area contributed by atoms with Gasteiger partial charge in [0.2, 0.25) is 0 Å². The molecular weight excluding hydrogens is 174 g/mol. The maximum atomic E-state index is 4.01. The molecule has 0 saturated carbocycles. The van der Waals surface area contributed by atoms with E-state index in [1.54, 1.807) is 0 Å². The monoisotopic (exact) mass is 193 g/mol. The van der Waals surface area contributed by atoms with Gasteiger partial charge in [-0.25, -0.2) is 0 Å². The SMILES string of the molecule is CNC(CNC(C)C)c1ccncc1. The number of rotatable bonds is 5. The maximum Gasteiger partial charge on any atom is 0.0445 e. The summed E-state index contributed by atoms with van der Waals surface area (Å²) >= 11 is 0. The van der Waals surface area contributed by atoms with Gasteiger partial charge in [-0.3, -0.25) is 4.98 Å². The highest BCUT2D eigenvalue weighted by Gasteiger charge is 2.08. The molecule has 3 heteroatoms. The lowest BCUT2D eigenvalue weighted by molar-refractivity contribution is 0.491. The van der Waals surface area contributed by atoms with Gasteiger partial charge in [-0.2, -0.15) is 0 Å². The first kappa shape index (κ1) is 11.1. The van der Waals surface area contributed by atoms with Crippen molar-refractivity contribution >= 4 is 0 Å². The van der Waals surface area contributed by atoms with Crippen molar-refractivity contribution in [3.05, 3.63) is 30.1 Å². The number of aromatic nitrogens is 1. The summed E-state index contributed by atoms with van der Waals surface area (Å²) in [6, 6.07) is 4.97. The maximum absolute atomic E-state index is 4.01. The van der Waals surface area contributed by atoms with E-state index in [4.69, 9.17) is 0 Å². The number of nitrogens with zero attached hydrogens (tertiary/aromatic N) is 1. The molecule has 1 rings (SSSR count). The lowest BCUT2D eigenvalue weighted by Crippen LogP contribution is -2.33. The molecule has 0 aliphatic carbocycles. The van der Waals surface area contributed by atoms with Crippen LogP contribution in [0.5, 0.6) is 0 Å². The number of pyridine rings is 1. The van der Waals surface area contributed by atoms with Gasteiger partial charge in [0.15, 0.2) is 0 Å². The summed E-state index contributed by atoms with van der Waals surface area (Å²) in [5.41, 5.74) is 1.27. The molecule has 0 radical (unpaired) electrons. The van der Waals surface area contributed by atoms with Crippen molar-refractivity contribution in [1.82, 2.24) is 15.6 Å². The van der Waals surface area contributed by atoms with Crippen LogP contribution < -0.4 is 10.6 Å². The van der Waals surface area contributed by atoms with Crippen molar-refractivity contribution in [2.45, 2.75) is 25.9 Å². The number of hydrogen-bond donors (Lipinski definition) is 2. The predicted molar refractivity (Wildman–Crippen MR) is 59.2 cm³/mol. The predicted octanol–water partition coefficient (Wildman–Crippen LogP) is 1.34. The Kier molecular flexibility index (Phi) is 4.56. The lowest BCUT2D eigenvalue weighted by Gasteiger charge is -2.18. The van der Waals surface area contributed by atoms with E-state index in [2.05, 4.69) is 29.5 Å². The van der Waals surface area contributed by atoms with Crippen LogP contribution in [-0.2, 0) is 0 Å². The van der Waals surface area contributed by atoms with Crippen LogP contribution in [0.2, 0.25) is 0 Å². The van der Waals surface area contributed by atoms with Gasteiger partial charge in [-0.15, -0.1) is 0 Å². The molecule has 0 aliphatic rings. The summed E-state index contributed by atoms with van der Waals surface area (Å²) < 4.78 is 0. The van der Waals surface area contributed by atoms with Gasteiger partial charge < -0.3 is 10.6 Å². The van der Waals surface area contributed by atoms with Crippen molar-refractivity contribution in [3.63, 3.8) is 0 Å². The van der Waals surface area contributed by atoms with Crippen LogP contribution in [0.1, 0.15) is 25.5 Å². The Morgan fingerprint density at radius 1 is 1.29 bits per heavy atom. The Labute approximate surface area is 85.9 Å². The van der Waals surface area contributed by atoms with Crippen LogP contribution in [0, 0.1) is 0 Å². The first-order chi connectivity index (χ1) is 6.74. The minimum atomic E-state index is 0.361. The fourth-order valence-electron chi connectivity index (χ4n) is 1.34. The molecule has 0 aliphatic heterocycles. The molecule has 78 valence electrons. The molecule has 2 N–H and O–H groups in total. The zero-order valence-electron chi connectivity index (χ0n) is 9.12. The van der Waals surface area contributed by atoms with Crippen LogP contribution in [0.3, 0.4) is 0 Å². The Balaban J connectivity index is 2.54. The molecule has 1 unspecified atom stereocenters. The molecule has 0 amide bonds. The van der Waals surface area contributed by atoms with E-state index < -0.39 is 0 Å². The van der Waals surface area contributed by atoms with E-state index >= 15 is 0 Å². The highest BCUT2D eigenvalue weighted by Crippen LogP contribution is 2.09.